The zero-order valence-electron chi connectivity index (χ0n) is 11.2. The number of nitrogens with one attached hydrogen (secondary N) is 1. The van der Waals surface area contributed by atoms with Crippen molar-refractivity contribution in [1.82, 2.24) is 10.2 Å². The fourth-order valence-electron chi connectivity index (χ4n) is 2.98. The number of likely N-dealkylation sites (tertiary alicyclic amines) is 1. The van der Waals surface area contributed by atoms with Gasteiger partial charge in [-0.1, -0.05) is 13.3 Å². The number of rotatable bonds is 2. The third-order valence-corrected chi connectivity index (χ3v) is 4.38. The molecule has 5 heteroatoms. The molecule has 3 N–H and O–H groups in total. The van der Waals surface area contributed by atoms with Crippen molar-refractivity contribution in [3.8, 4) is 0 Å². The van der Waals surface area contributed by atoms with Crippen molar-refractivity contribution in [3.05, 3.63) is 0 Å². The molecule has 1 heterocycles. The van der Waals surface area contributed by atoms with Gasteiger partial charge in [-0.2, -0.15) is 0 Å². The molecule has 0 aromatic heterocycles. The molecule has 2 aliphatic rings. The number of carbonyl (C=O) groups is 2. The lowest BCUT2D eigenvalue weighted by atomic mass is 9.77. The standard InChI is InChI=1S/C13H23N3O2/c1-8-4-3-5-9(11(8)14)12(17)15-10-6-7-16(2)13(10)18/h8-11H,3-7,14H2,1-2H3,(H,15,17). The summed E-state index contributed by atoms with van der Waals surface area (Å²) >= 11 is 0. The molecular formula is C13H23N3O2. The Morgan fingerprint density at radius 1 is 1.39 bits per heavy atom. The van der Waals surface area contributed by atoms with Crippen molar-refractivity contribution in [2.75, 3.05) is 13.6 Å². The summed E-state index contributed by atoms with van der Waals surface area (Å²) in [5, 5.41) is 2.87. The molecule has 102 valence electrons. The maximum atomic E-state index is 12.2. The first kappa shape index (κ1) is 13.3. The Kier molecular flexibility index (Phi) is 3.90. The van der Waals surface area contributed by atoms with Crippen LogP contribution in [0.2, 0.25) is 0 Å². The first-order chi connectivity index (χ1) is 8.50. The van der Waals surface area contributed by atoms with E-state index >= 15 is 0 Å². The fourth-order valence-corrected chi connectivity index (χ4v) is 2.98. The first-order valence-corrected chi connectivity index (χ1v) is 6.81. The lowest BCUT2D eigenvalue weighted by Crippen LogP contribution is -2.51. The molecule has 2 rings (SSSR count). The van der Waals surface area contributed by atoms with E-state index in [-0.39, 0.29) is 29.8 Å². The molecule has 0 aromatic carbocycles. The summed E-state index contributed by atoms with van der Waals surface area (Å²) in [5.41, 5.74) is 6.10. The molecule has 2 amide bonds. The lowest BCUT2D eigenvalue weighted by Gasteiger charge is -2.33. The van der Waals surface area contributed by atoms with Gasteiger partial charge in [0.15, 0.2) is 0 Å². The quantitative estimate of drug-likeness (QED) is 0.732. The molecule has 0 spiro atoms. The fraction of sp³-hybridized carbons (Fsp3) is 0.846. The van der Waals surface area contributed by atoms with Crippen LogP contribution in [0.3, 0.4) is 0 Å². The summed E-state index contributed by atoms with van der Waals surface area (Å²) < 4.78 is 0. The van der Waals surface area contributed by atoms with Gasteiger partial charge in [0.1, 0.15) is 6.04 Å². The average molecular weight is 253 g/mol. The van der Waals surface area contributed by atoms with Crippen LogP contribution >= 0.6 is 0 Å². The predicted molar refractivity (Wildman–Crippen MR) is 68.7 cm³/mol. The minimum atomic E-state index is -0.341. The third kappa shape index (κ3) is 2.51. The van der Waals surface area contributed by atoms with Crippen LogP contribution in [0.5, 0.6) is 0 Å². The summed E-state index contributed by atoms with van der Waals surface area (Å²) in [5.74, 6) is 0.229. The van der Waals surface area contributed by atoms with Crippen molar-refractivity contribution < 1.29 is 9.59 Å². The van der Waals surface area contributed by atoms with E-state index in [9.17, 15) is 9.59 Å². The van der Waals surface area contributed by atoms with Gasteiger partial charge in [0.25, 0.3) is 0 Å². The van der Waals surface area contributed by atoms with Crippen LogP contribution in [0.25, 0.3) is 0 Å². The Bertz CT molecular complexity index is 345. The number of amides is 2. The van der Waals surface area contributed by atoms with Crippen LogP contribution in [0, 0.1) is 11.8 Å². The molecule has 5 nitrogen and oxygen atoms in total. The van der Waals surface area contributed by atoms with Crippen molar-refractivity contribution in [1.29, 1.82) is 0 Å². The highest BCUT2D eigenvalue weighted by Gasteiger charge is 2.36. The summed E-state index contributed by atoms with van der Waals surface area (Å²) in [6, 6.07) is -0.417. The molecular weight excluding hydrogens is 230 g/mol. The van der Waals surface area contributed by atoms with Gasteiger partial charge >= 0.3 is 0 Å². The maximum Gasteiger partial charge on any atom is 0.244 e. The van der Waals surface area contributed by atoms with Crippen LogP contribution < -0.4 is 11.1 Å². The number of hydrogen-bond acceptors (Lipinski definition) is 3. The van der Waals surface area contributed by atoms with Crippen LogP contribution in [-0.4, -0.2) is 42.4 Å². The molecule has 0 aromatic rings. The molecule has 0 bridgehead atoms. The number of nitrogens with zero attached hydrogens (tertiary/aromatic N) is 1. The second kappa shape index (κ2) is 5.26. The lowest BCUT2D eigenvalue weighted by molar-refractivity contribution is -0.134. The topological polar surface area (TPSA) is 75.4 Å². The van der Waals surface area contributed by atoms with E-state index in [0.717, 1.165) is 25.8 Å². The van der Waals surface area contributed by atoms with Crippen molar-refractivity contribution >= 4 is 11.8 Å². The Morgan fingerprint density at radius 3 is 2.72 bits per heavy atom. The number of hydrogen-bond donors (Lipinski definition) is 2. The number of carbonyl (C=O) groups excluding carboxylic acids is 2. The van der Waals surface area contributed by atoms with Crippen LogP contribution in [0.15, 0.2) is 0 Å². The average Bonchev–Trinajstić information content (AvgIpc) is 2.64. The summed E-state index contributed by atoms with van der Waals surface area (Å²) in [6.45, 7) is 2.81. The molecule has 4 atom stereocenters. The zero-order valence-corrected chi connectivity index (χ0v) is 11.2. The zero-order chi connectivity index (χ0) is 13.3. The van der Waals surface area contributed by atoms with Gasteiger partial charge in [-0.25, -0.2) is 0 Å². The largest absolute Gasteiger partial charge is 0.344 e. The normalized spacial score (nSPS) is 36.8. The van der Waals surface area contributed by atoms with Crippen molar-refractivity contribution in [2.24, 2.45) is 17.6 Å². The van der Waals surface area contributed by atoms with E-state index in [2.05, 4.69) is 12.2 Å². The van der Waals surface area contributed by atoms with Crippen LogP contribution in [-0.2, 0) is 9.59 Å². The Balaban J connectivity index is 1.93. The molecule has 2 fully saturated rings. The molecule has 4 unspecified atom stereocenters. The van der Waals surface area contributed by atoms with Crippen LogP contribution in [0.1, 0.15) is 32.6 Å². The number of likely N-dealkylation sites (N-methyl/N-ethyl adjacent to an activating group) is 1. The van der Waals surface area contributed by atoms with E-state index in [0.29, 0.717) is 12.3 Å². The monoisotopic (exact) mass is 253 g/mol. The molecule has 18 heavy (non-hydrogen) atoms. The Labute approximate surface area is 108 Å². The van der Waals surface area contributed by atoms with Gasteiger partial charge in [0.2, 0.25) is 11.8 Å². The third-order valence-electron chi connectivity index (χ3n) is 4.38. The minimum absolute atomic E-state index is 0.0146. The second-order valence-corrected chi connectivity index (χ2v) is 5.70. The molecule has 0 radical (unpaired) electrons. The minimum Gasteiger partial charge on any atom is -0.344 e. The highest BCUT2D eigenvalue weighted by molar-refractivity contribution is 5.90. The van der Waals surface area contributed by atoms with Gasteiger partial charge in [-0.3, -0.25) is 9.59 Å². The maximum absolute atomic E-state index is 12.2. The van der Waals surface area contributed by atoms with Gasteiger partial charge in [0, 0.05) is 19.6 Å². The van der Waals surface area contributed by atoms with Gasteiger partial charge in [-0.15, -0.1) is 0 Å². The molecule has 1 saturated heterocycles. The van der Waals surface area contributed by atoms with E-state index in [4.69, 9.17) is 5.73 Å². The van der Waals surface area contributed by atoms with E-state index in [1.54, 1.807) is 11.9 Å². The Morgan fingerprint density at radius 2 is 2.11 bits per heavy atom. The first-order valence-electron chi connectivity index (χ1n) is 6.81. The summed E-state index contributed by atoms with van der Waals surface area (Å²) in [4.78, 5) is 25.6. The highest BCUT2D eigenvalue weighted by Crippen LogP contribution is 2.28. The van der Waals surface area contributed by atoms with E-state index < -0.39 is 0 Å². The smallest absolute Gasteiger partial charge is 0.244 e. The van der Waals surface area contributed by atoms with Crippen molar-refractivity contribution in [2.45, 2.75) is 44.7 Å². The van der Waals surface area contributed by atoms with Crippen LogP contribution in [0.4, 0.5) is 0 Å². The van der Waals surface area contributed by atoms with Gasteiger partial charge < -0.3 is 16.0 Å². The molecule has 1 aliphatic heterocycles. The SMILES string of the molecule is CC1CCCC(C(=O)NC2CCN(C)C2=O)C1N. The Hall–Kier alpha value is -1.10. The summed E-state index contributed by atoms with van der Waals surface area (Å²) in [7, 11) is 1.77. The van der Waals surface area contributed by atoms with E-state index in [1.165, 1.54) is 0 Å². The molecule has 1 saturated carbocycles. The van der Waals surface area contributed by atoms with Gasteiger partial charge in [-0.05, 0) is 25.2 Å². The number of nitrogens with two attached hydrogens (primary N) is 1. The summed E-state index contributed by atoms with van der Waals surface area (Å²) in [6.07, 6.45) is 3.69. The predicted octanol–water partition coefficient (Wildman–Crippen LogP) is 0.0968. The molecule has 1 aliphatic carbocycles. The van der Waals surface area contributed by atoms with Gasteiger partial charge in [0.05, 0.1) is 5.92 Å². The highest BCUT2D eigenvalue weighted by atomic mass is 16.2. The van der Waals surface area contributed by atoms with E-state index in [1.807, 2.05) is 0 Å². The van der Waals surface area contributed by atoms with Crippen molar-refractivity contribution in [3.63, 3.8) is 0 Å². The second-order valence-electron chi connectivity index (χ2n) is 5.70.